The summed E-state index contributed by atoms with van der Waals surface area (Å²) >= 11 is 0. The third-order valence-electron chi connectivity index (χ3n) is 4.13. The monoisotopic (exact) mass is 244 g/mol. The highest BCUT2D eigenvalue weighted by molar-refractivity contribution is 5.97. The highest BCUT2D eigenvalue weighted by Gasteiger charge is 2.31. The highest BCUT2D eigenvalue weighted by atomic mass is 16.1. The zero-order valence-electron chi connectivity index (χ0n) is 10.7. The summed E-state index contributed by atoms with van der Waals surface area (Å²) in [7, 11) is 0. The minimum atomic E-state index is 0.252. The van der Waals surface area contributed by atoms with Crippen molar-refractivity contribution >= 4 is 5.78 Å². The second kappa shape index (κ2) is 5.21. The van der Waals surface area contributed by atoms with E-state index in [0.29, 0.717) is 12.6 Å². The summed E-state index contributed by atoms with van der Waals surface area (Å²) in [4.78, 5) is 17.0. The van der Waals surface area contributed by atoms with Crippen LogP contribution >= 0.6 is 0 Å². The molecule has 96 valence electrons. The molecule has 2 aliphatic rings. The molecule has 0 saturated carbocycles. The fourth-order valence-corrected chi connectivity index (χ4v) is 3.12. The van der Waals surface area contributed by atoms with Gasteiger partial charge in [-0.3, -0.25) is 14.6 Å². The van der Waals surface area contributed by atoms with Crippen LogP contribution in [0.15, 0.2) is 30.3 Å². The maximum atomic E-state index is 12.1. The van der Waals surface area contributed by atoms with Gasteiger partial charge in [-0.05, 0) is 19.4 Å². The number of fused-ring (bicyclic) bond motifs is 1. The lowest BCUT2D eigenvalue weighted by Gasteiger charge is -2.37. The molecule has 18 heavy (non-hydrogen) atoms. The SMILES string of the molecule is O=C(CN1CCN2CCCC2C1)c1ccccc1. The predicted octanol–water partition coefficient (Wildman–Crippen LogP) is 1.65. The van der Waals surface area contributed by atoms with Crippen LogP contribution in [0.2, 0.25) is 0 Å². The summed E-state index contributed by atoms with van der Waals surface area (Å²) < 4.78 is 0. The minimum absolute atomic E-state index is 0.252. The first-order chi connectivity index (χ1) is 8.83. The Labute approximate surface area is 108 Å². The Morgan fingerprint density at radius 1 is 1.17 bits per heavy atom. The van der Waals surface area contributed by atoms with Crippen molar-refractivity contribution in [1.29, 1.82) is 0 Å². The van der Waals surface area contributed by atoms with Gasteiger partial charge in [-0.25, -0.2) is 0 Å². The van der Waals surface area contributed by atoms with Gasteiger partial charge in [0.15, 0.2) is 5.78 Å². The minimum Gasteiger partial charge on any atom is -0.298 e. The summed E-state index contributed by atoms with van der Waals surface area (Å²) in [5, 5.41) is 0. The Kier molecular flexibility index (Phi) is 3.43. The van der Waals surface area contributed by atoms with Crippen molar-refractivity contribution in [3.8, 4) is 0 Å². The molecule has 0 radical (unpaired) electrons. The van der Waals surface area contributed by atoms with Gasteiger partial charge < -0.3 is 0 Å². The van der Waals surface area contributed by atoms with Crippen molar-refractivity contribution in [3.05, 3.63) is 35.9 Å². The van der Waals surface area contributed by atoms with Crippen LogP contribution in [0.4, 0.5) is 0 Å². The molecular formula is C15H20N2O. The van der Waals surface area contributed by atoms with Crippen molar-refractivity contribution in [2.75, 3.05) is 32.7 Å². The molecule has 3 rings (SSSR count). The van der Waals surface area contributed by atoms with Crippen molar-refractivity contribution in [1.82, 2.24) is 9.80 Å². The van der Waals surface area contributed by atoms with E-state index in [0.717, 1.165) is 25.2 Å². The average molecular weight is 244 g/mol. The molecule has 0 amide bonds. The molecule has 1 unspecified atom stereocenters. The lowest BCUT2D eigenvalue weighted by molar-refractivity contribution is 0.0784. The Hall–Kier alpha value is -1.19. The lowest BCUT2D eigenvalue weighted by atomic mass is 10.1. The summed E-state index contributed by atoms with van der Waals surface area (Å²) in [6.07, 6.45) is 2.63. The Balaban J connectivity index is 1.58. The Morgan fingerprint density at radius 3 is 2.83 bits per heavy atom. The molecule has 0 aromatic heterocycles. The number of hydrogen-bond acceptors (Lipinski definition) is 3. The second-order valence-corrected chi connectivity index (χ2v) is 5.36. The van der Waals surface area contributed by atoms with E-state index in [-0.39, 0.29) is 5.78 Å². The average Bonchev–Trinajstić information content (AvgIpc) is 2.87. The first-order valence-corrected chi connectivity index (χ1v) is 6.87. The van der Waals surface area contributed by atoms with E-state index in [9.17, 15) is 4.79 Å². The van der Waals surface area contributed by atoms with Crippen LogP contribution in [-0.4, -0.2) is 54.3 Å². The molecular weight excluding hydrogens is 224 g/mol. The molecule has 2 heterocycles. The van der Waals surface area contributed by atoms with Crippen LogP contribution in [0, 0.1) is 0 Å². The van der Waals surface area contributed by atoms with E-state index >= 15 is 0 Å². The molecule has 1 atom stereocenters. The lowest BCUT2D eigenvalue weighted by Crippen LogP contribution is -2.51. The standard InChI is InChI=1S/C15H20N2O/c18-15(13-5-2-1-3-6-13)12-16-9-10-17-8-4-7-14(17)11-16/h1-3,5-6,14H,4,7-12H2. The third-order valence-corrected chi connectivity index (χ3v) is 4.13. The van der Waals surface area contributed by atoms with E-state index < -0.39 is 0 Å². The predicted molar refractivity (Wildman–Crippen MR) is 71.8 cm³/mol. The van der Waals surface area contributed by atoms with Gasteiger partial charge in [-0.2, -0.15) is 0 Å². The number of Topliss-reactive ketones (excluding diaryl/α,β-unsaturated/α-hetero) is 1. The number of nitrogens with zero attached hydrogens (tertiary/aromatic N) is 2. The fourth-order valence-electron chi connectivity index (χ4n) is 3.12. The maximum Gasteiger partial charge on any atom is 0.176 e. The zero-order chi connectivity index (χ0) is 12.4. The topological polar surface area (TPSA) is 23.6 Å². The van der Waals surface area contributed by atoms with E-state index in [2.05, 4.69) is 9.80 Å². The van der Waals surface area contributed by atoms with E-state index in [1.54, 1.807) is 0 Å². The van der Waals surface area contributed by atoms with Gasteiger partial charge in [0, 0.05) is 31.2 Å². The molecule has 1 aromatic rings. The number of hydrogen-bond donors (Lipinski definition) is 0. The van der Waals surface area contributed by atoms with Gasteiger partial charge in [-0.1, -0.05) is 30.3 Å². The number of piperazine rings is 1. The van der Waals surface area contributed by atoms with Crippen molar-refractivity contribution in [2.24, 2.45) is 0 Å². The molecule has 2 aliphatic heterocycles. The molecule has 0 aliphatic carbocycles. The normalized spacial score (nSPS) is 25.0. The highest BCUT2D eigenvalue weighted by Crippen LogP contribution is 2.21. The summed E-state index contributed by atoms with van der Waals surface area (Å²) in [6, 6.07) is 10.3. The number of rotatable bonds is 3. The van der Waals surface area contributed by atoms with Crippen LogP contribution in [0.5, 0.6) is 0 Å². The molecule has 2 fully saturated rings. The van der Waals surface area contributed by atoms with Crippen LogP contribution in [0.3, 0.4) is 0 Å². The molecule has 3 heteroatoms. The van der Waals surface area contributed by atoms with Crippen LogP contribution in [-0.2, 0) is 0 Å². The quantitative estimate of drug-likeness (QED) is 0.755. The molecule has 0 spiro atoms. The van der Waals surface area contributed by atoms with Gasteiger partial charge in [0.25, 0.3) is 0 Å². The molecule has 3 nitrogen and oxygen atoms in total. The number of ketones is 1. The van der Waals surface area contributed by atoms with Gasteiger partial charge in [0.1, 0.15) is 0 Å². The van der Waals surface area contributed by atoms with E-state index in [1.807, 2.05) is 30.3 Å². The molecule has 0 bridgehead atoms. The largest absolute Gasteiger partial charge is 0.298 e. The number of carbonyl (C=O) groups is 1. The smallest absolute Gasteiger partial charge is 0.176 e. The summed E-state index contributed by atoms with van der Waals surface area (Å²) in [6.45, 7) is 5.07. The first-order valence-electron chi connectivity index (χ1n) is 6.87. The Morgan fingerprint density at radius 2 is 2.00 bits per heavy atom. The maximum absolute atomic E-state index is 12.1. The van der Waals surface area contributed by atoms with E-state index in [4.69, 9.17) is 0 Å². The molecule has 2 saturated heterocycles. The molecule has 0 N–H and O–H groups in total. The first kappa shape index (κ1) is 11.9. The zero-order valence-corrected chi connectivity index (χ0v) is 10.7. The Bertz CT molecular complexity index is 418. The van der Waals surface area contributed by atoms with Gasteiger partial charge in [-0.15, -0.1) is 0 Å². The van der Waals surface area contributed by atoms with Crippen molar-refractivity contribution in [3.63, 3.8) is 0 Å². The fraction of sp³-hybridized carbons (Fsp3) is 0.533. The van der Waals surface area contributed by atoms with Gasteiger partial charge in [0.05, 0.1) is 6.54 Å². The van der Waals surface area contributed by atoms with Crippen molar-refractivity contribution < 1.29 is 4.79 Å². The van der Waals surface area contributed by atoms with Crippen LogP contribution < -0.4 is 0 Å². The van der Waals surface area contributed by atoms with Gasteiger partial charge in [0.2, 0.25) is 0 Å². The van der Waals surface area contributed by atoms with Crippen LogP contribution in [0.25, 0.3) is 0 Å². The number of benzene rings is 1. The van der Waals surface area contributed by atoms with Crippen LogP contribution in [0.1, 0.15) is 23.2 Å². The molecule has 1 aromatic carbocycles. The summed E-state index contributed by atoms with van der Waals surface area (Å²) in [5.41, 5.74) is 0.839. The third kappa shape index (κ3) is 2.47. The van der Waals surface area contributed by atoms with E-state index in [1.165, 1.54) is 19.4 Å². The van der Waals surface area contributed by atoms with Crippen molar-refractivity contribution in [2.45, 2.75) is 18.9 Å². The summed E-state index contributed by atoms with van der Waals surface area (Å²) in [5.74, 6) is 0.252. The number of carbonyl (C=O) groups excluding carboxylic acids is 1. The second-order valence-electron chi connectivity index (χ2n) is 5.36. The van der Waals surface area contributed by atoms with Gasteiger partial charge >= 0.3 is 0 Å².